The number of hydrogen-bond donors (Lipinski definition) is 1. The molecular weight excluding hydrogens is 306 g/mol. The van der Waals surface area contributed by atoms with E-state index in [2.05, 4.69) is 10.3 Å². The van der Waals surface area contributed by atoms with Crippen LogP contribution in [-0.4, -0.2) is 39.9 Å². The van der Waals surface area contributed by atoms with E-state index >= 15 is 0 Å². The van der Waals surface area contributed by atoms with Crippen molar-refractivity contribution in [1.82, 2.24) is 14.9 Å². The zero-order valence-corrected chi connectivity index (χ0v) is 13.7. The fourth-order valence-corrected chi connectivity index (χ4v) is 2.74. The van der Waals surface area contributed by atoms with Crippen LogP contribution in [-0.2, 0) is 11.8 Å². The largest absolute Gasteiger partial charge is 0.516 e. The van der Waals surface area contributed by atoms with Crippen LogP contribution in [0.2, 0.25) is 0 Å². The van der Waals surface area contributed by atoms with E-state index in [-0.39, 0.29) is 17.8 Å². The first-order valence-corrected chi connectivity index (χ1v) is 7.78. The van der Waals surface area contributed by atoms with Crippen molar-refractivity contribution < 1.29 is 14.3 Å². The van der Waals surface area contributed by atoms with Gasteiger partial charge in [0, 0.05) is 13.6 Å². The van der Waals surface area contributed by atoms with Crippen molar-refractivity contribution >= 4 is 22.9 Å². The van der Waals surface area contributed by atoms with Gasteiger partial charge in [-0.15, -0.1) is 0 Å². The Morgan fingerprint density at radius 2 is 2.25 bits per heavy atom. The molecule has 2 N–H and O–H groups in total. The number of nitrogens with zero attached hydrogens (tertiary/aromatic N) is 2. The minimum Gasteiger partial charge on any atom is -0.349 e. The Kier molecular flexibility index (Phi) is 4.46. The van der Waals surface area contributed by atoms with Crippen molar-refractivity contribution in [3.05, 3.63) is 53.9 Å². The Balaban J connectivity index is 1.62. The number of carbonyl (C=O) groups is 1. The number of amides is 1. The van der Waals surface area contributed by atoms with Crippen LogP contribution in [0.25, 0.3) is 11.0 Å². The smallest absolute Gasteiger partial charge is 0.349 e. The molecule has 1 aliphatic carbocycles. The molecule has 0 fully saturated rings. The number of hydrogen-bond acceptors (Lipinski definition) is 3. The highest BCUT2D eigenvalue weighted by molar-refractivity contribution is 5.95. The topological polar surface area (TPSA) is 77.6 Å². The van der Waals surface area contributed by atoms with E-state index in [1.165, 1.54) is 7.11 Å². The van der Waals surface area contributed by atoms with E-state index in [1.807, 2.05) is 43.5 Å². The molecule has 0 aliphatic heterocycles. The van der Waals surface area contributed by atoms with Crippen LogP contribution >= 0.6 is 0 Å². The molecule has 0 saturated heterocycles. The van der Waals surface area contributed by atoms with Crippen molar-refractivity contribution in [2.75, 3.05) is 13.7 Å². The molecule has 1 heterocycles. The molecule has 1 unspecified atom stereocenters. The molecule has 1 aliphatic rings. The number of aryl methyl sites for hydroxylation is 1. The summed E-state index contributed by atoms with van der Waals surface area (Å²) < 4.78 is 6.59. The zero-order chi connectivity index (χ0) is 17.1. The Hall–Kier alpha value is -2.89. The molecule has 0 radical (unpaired) electrons. The van der Waals surface area contributed by atoms with Crippen molar-refractivity contribution in [3.63, 3.8) is 0 Å². The lowest BCUT2D eigenvalue weighted by Crippen LogP contribution is -2.31. The second-order valence-electron chi connectivity index (χ2n) is 5.72. The lowest BCUT2D eigenvalue weighted by atomic mass is 9.96. The number of aromatic nitrogens is 2. The molecule has 3 rings (SSSR count). The maximum absolute atomic E-state index is 12.4. The maximum atomic E-state index is 12.4. The van der Waals surface area contributed by atoms with Gasteiger partial charge in [-0.2, -0.15) is 0 Å². The monoisotopic (exact) mass is 326 g/mol. The molecule has 0 saturated carbocycles. The van der Waals surface area contributed by atoms with Gasteiger partial charge < -0.3 is 19.4 Å². The predicted molar refractivity (Wildman–Crippen MR) is 92.3 cm³/mol. The number of nitrogens with one attached hydrogen (secondary N) is 1. The zero-order valence-electron chi connectivity index (χ0n) is 13.7. The Morgan fingerprint density at radius 3 is 2.92 bits per heavy atom. The van der Waals surface area contributed by atoms with E-state index < -0.39 is 0 Å². The van der Waals surface area contributed by atoms with E-state index in [9.17, 15) is 9.59 Å². The number of allylic oxidation sites excluding steroid dienone is 1. The SMILES string of the molecule is COC(=[OH+])C1=CCC(CNC(=O)c2nc3ccccc3n2C)C=C1. The average Bonchev–Trinajstić information content (AvgIpc) is 2.96. The number of methoxy groups -OCH3 is 1. The lowest BCUT2D eigenvalue weighted by Gasteiger charge is -2.14. The number of benzene rings is 1. The van der Waals surface area contributed by atoms with Crippen LogP contribution in [0.4, 0.5) is 0 Å². The van der Waals surface area contributed by atoms with Crippen molar-refractivity contribution in [2.24, 2.45) is 13.0 Å². The second kappa shape index (κ2) is 6.70. The fraction of sp³-hybridized carbons (Fsp3) is 0.278. The number of carbonyl (C=O) groups excluding carboxylic acids is 2. The molecule has 0 bridgehead atoms. The minimum absolute atomic E-state index is 0.0894. The summed E-state index contributed by atoms with van der Waals surface area (Å²) in [6, 6.07) is 7.66. The van der Waals surface area contributed by atoms with Crippen molar-refractivity contribution in [1.29, 1.82) is 0 Å². The summed E-state index contributed by atoms with van der Waals surface area (Å²) >= 11 is 0. The first-order chi connectivity index (χ1) is 11.6. The Bertz CT molecular complexity index is 848. The Labute approximate surface area is 139 Å². The summed E-state index contributed by atoms with van der Waals surface area (Å²) in [6.07, 6.45) is 6.38. The normalized spacial score (nSPS) is 16.8. The first kappa shape index (κ1) is 16.0. The Morgan fingerprint density at radius 1 is 1.46 bits per heavy atom. The van der Waals surface area contributed by atoms with E-state index in [0.717, 1.165) is 17.5 Å². The standard InChI is InChI=1S/C18H19N3O3/c1-21-15-6-4-3-5-14(15)20-16(21)17(22)19-11-12-7-9-13(10-8-12)18(23)24-2/h3-7,9-10,12H,8,11H2,1-2H3,(H,19,22)/p+1. The molecule has 1 amide bonds. The fourth-order valence-electron chi connectivity index (χ4n) is 2.74. The average molecular weight is 326 g/mol. The van der Waals surface area contributed by atoms with Crippen LogP contribution in [0.3, 0.4) is 0 Å². The van der Waals surface area contributed by atoms with Crippen LogP contribution < -0.4 is 5.32 Å². The van der Waals surface area contributed by atoms with Crippen LogP contribution in [0.1, 0.15) is 17.0 Å². The number of ether oxygens (including phenoxy) is 1. The van der Waals surface area contributed by atoms with E-state index in [0.29, 0.717) is 17.9 Å². The number of rotatable bonds is 4. The van der Waals surface area contributed by atoms with Gasteiger partial charge in [-0.1, -0.05) is 24.3 Å². The summed E-state index contributed by atoms with van der Waals surface area (Å²) in [5.74, 6) is 0.297. The highest BCUT2D eigenvalue weighted by Gasteiger charge is 2.20. The summed E-state index contributed by atoms with van der Waals surface area (Å²) in [5, 5.41) is 2.93. The van der Waals surface area contributed by atoms with Gasteiger partial charge in [0.15, 0.2) is 12.9 Å². The van der Waals surface area contributed by atoms with Gasteiger partial charge in [0.05, 0.1) is 11.0 Å². The molecule has 0 spiro atoms. The van der Waals surface area contributed by atoms with Crippen LogP contribution in [0, 0.1) is 5.92 Å². The predicted octanol–water partition coefficient (Wildman–Crippen LogP) is 1.95. The second-order valence-corrected chi connectivity index (χ2v) is 5.72. The molecule has 6 heteroatoms. The number of fused-ring (bicyclic) bond motifs is 1. The number of esters is 1. The van der Waals surface area contributed by atoms with Gasteiger partial charge in [0.2, 0.25) is 0 Å². The van der Waals surface area contributed by atoms with Gasteiger partial charge in [0.1, 0.15) is 5.57 Å². The summed E-state index contributed by atoms with van der Waals surface area (Å²) in [4.78, 5) is 26.3. The maximum Gasteiger partial charge on any atom is 0.516 e. The third-order valence-corrected chi connectivity index (χ3v) is 4.14. The highest BCUT2D eigenvalue weighted by Crippen LogP contribution is 2.17. The van der Waals surface area contributed by atoms with E-state index in [1.54, 1.807) is 10.6 Å². The molecule has 1 atom stereocenters. The first-order valence-electron chi connectivity index (χ1n) is 7.78. The number of imidazole rings is 1. The summed E-state index contributed by atoms with van der Waals surface area (Å²) in [7, 11) is 3.26. The molecule has 2 aromatic rings. The molecule has 124 valence electrons. The van der Waals surface area contributed by atoms with Gasteiger partial charge in [-0.3, -0.25) is 4.79 Å². The van der Waals surface area contributed by atoms with Gasteiger partial charge >= 0.3 is 5.97 Å². The van der Waals surface area contributed by atoms with Gasteiger partial charge in [0.25, 0.3) is 5.91 Å². The molecular formula is C18H20N3O3+. The molecule has 24 heavy (non-hydrogen) atoms. The summed E-state index contributed by atoms with van der Waals surface area (Å²) in [6.45, 7) is 0.510. The van der Waals surface area contributed by atoms with Crippen LogP contribution in [0.15, 0.2) is 48.1 Å². The third-order valence-electron chi connectivity index (χ3n) is 4.14. The summed E-state index contributed by atoms with van der Waals surface area (Å²) in [5.41, 5.74) is 2.40. The van der Waals surface area contributed by atoms with Gasteiger partial charge in [-0.25, -0.2) is 4.98 Å². The van der Waals surface area contributed by atoms with E-state index in [4.69, 9.17) is 4.74 Å². The quantitative estimate of drug-likeness (QED) is 0.689. The third kappa shape index (κ3) is 3.08. The highest BCUT2D eigenvalue weighted by atomic mass is 16.5. The molecule has 1 aromatic heterocycles. The van der Waals surface area contributed by atoms with Gasteiger partial charge in [-0.05, 0) is 30.5 Å². The molecule has 1 aromatic carbocycles. The van der Waals surface area contributed by atoms with Crippen molar-refractivity contribution in [3.8, 4) is 0 Å². The van der Waals surface area contributed by atoms with Crippen LogP contribution in [0.5, 0.6) is 0 Å². The number of para-hydroxylation sites is 2. The van der Waals surface area contributed by atoms with Crippen molar-refractivity contribution in [2.45, 2.75) is 6.42 Å². The minimum atomic E-state index is -0.192. The molecule has 6 nitrogen and oxygen atoms in total. The lowest BCUT2D eigenvalue weighted by molar-refractivity contribution is 0.0936.